The zero-order valence-electron chi connectivity index (χ0n) is 19.4. The second kappa shape index (κ2) is 9.80. The summed E-state index contributed by atoms with van der Waals surface area (Å²) < 4.78 is 13.5. The van der Waals surface area contributed by atoms with E-state index in [2.05, 4.69) is 49.9 Å². The molecule has 32 heavy (non-hydrogen) atoms. The summed E-state index contributed by atoms with van der Waals surface area (Å²) in [4.78, 5) is 10.5. The van der Waals surface area contributed by atoms with Crippen LogP contribution in [0.15, 0.2) is 48.5 Å². The van der Waals surface area contributed by atoms with E-state index >= 15 is 0 Å². The SMILES string of the molecule is Cc1cc(F)ccc1N1CCC(N2CCC[C@@H](N3CCN(c4ccccc4)CC3)C2)CC1. The fraction of sp³-hybridized carbons (Fsp3) is 0.556. The number of benzene rings is 2. The number of aryl methyl sites for hydroxylation is 1. The minimum atomic E-state index is -0.134. The molecule has 2 aromatic rings. The van der Waals surface area contributed by atoms with E-state index in [9.17, 15) is 4.39 Å². The molecule has 0 saturated carbocycles. The molecule has 4 nitrogen and oxygen atoms in total. The van der Waals surface area contributed by atoms with Crippen LogP contribution in [0.2, 0.25) is 0 Å². The molecule has 3 aliphatic rings. The number of para-hydroxylation sites is 1. The van der Waals surface area contributed by atoms with Gasteiger partial charge >= 0.3 is 0 Å². The van der Waals surface area contributed by atoms with Crippen LogP contribution >= 0.6 is 0 Å². The number of piperazine rings is 1. The van der Waals surface area contributed by atoms with Crippen LogP contribution in [0.25, 0.3) is 0 Å². The Morgan fingerprint density at radius 3 is 2.19 bits per heavy atom. The van der Waals surface area contributed by atoms with Crippen LogP contribution in [0.3, 0.4) is 0 Å². The standard InChI is InChI=1S/C27H37FN4/c1-22-20-23(28)9-10-27(22)31-14-11-25(12-15-31)32-13-5-8-26(21-32)30-18-16-29(17-19-30)24-6-3-2-4-7-24/h2-4,6-7,9-10,20,25-26H,5,8,11-19,21H2,1H3/t26-/m1/s1. The molecule has 5 heteroatoms. The van der Waals surface area contributed by atoms with Gasteiger partial charge in [-0.1, -0.05) is 18.2 Å². The van der Waals surface area contributed by atoms with E-state index in [-0.39, 0.29) is 5.82 Å². The third kappa shape index (κ3) is 4.79. The molecule has 0 spiro atoms. The average Bonchev–Trinajstić information content (AvgIpc) is 2.85. The lowest BCUT2D eigenvalue weighted by molar-refractivity contribution is 0.0596. The van der Waals surface area contributed by atoms with E-state index in [4.69, 9.17) is 0 Å². The van der Waals surface area contributed by atoms with Crippen molar-refractivity contribution >= 4 is 11.4 Å². The first kappa shape index (κ1) is 21.7. The molecule has 5 rings (SSSR count). The van der Waals surface area contributed by atoms with E-state index in [0.29, 0.717) is 12.1 Å². The first-order valence-electron chi connectivity index (χ1n) is 12.5. The van der Waals surface area contributed by atoms with Crippen LogP contribution < -0.4 is 9.80 Å². The fourth-order valence-corrected chi connectivity index (χ4v) is 6.04. The quantitative estimate of drug-likeness (QED) is 0.705. The van der Waals surface area contributed by atoms with Crippen LogP contribution in [0, 0.1) is 12.7 Å². The van der Waals surface area contributed by atoms with Gasteiger partial charge in [-0.25, -0.2) is 4.39 Å². The molecule has 3 fully saturated rings. The Morgan fingerprint density at radius 2 is 1.47 bits per heavy atom. The highest BCUT2D eigenvalue weighted by molar-refractivity contribution is 5.53. The lowest BCUT2D eigenvalue weighted by Gasteiger charge is -2.47. The summed E-state index contributed by atoms with van der Waals surface area (Å²) in [5.74, 6) is -0.134. The van der Waals surface area contributed by atoms with Gasteiger partial charge in [0, 0.05) is 69.3 Å². The molecule has 0 N–H and O–H groups in total. The van der Waals surface area contributed by atoms with Crippen LogP contribution in [-0.4, -0.2) is 74.2 Å². The number of rotatable bonds is 4. The summed E-state index contributed by atoms with van der Waals surface area (Å²) in [6, 6.07) is 17.5. The normalized spacial score (nSPS) is 24.1. The first-order valence-corrected chi connectivity index (χ1v) is 12.5. The highest BCUT2D eigenvalue weighted by atomic mass is 19.1. The van der Waals surface area contributed by atoms with Crippen molar-refractivity contribution in [1.29, 1.82) is 0 Å². The minimum Gasteiger partial charge on any atom is -0.371 e. The highest BCUT2D eigenvalue weighted by Crippen LogP contribution is 2.28. The van der Waals surface area contributed by atoms with Crippen molar-refractivity contribution in [2.24, 2.45) is 0 Å². The summed E-state index contributed by atoms with van der Waals surface area (Å²) in [5, 5.41) is 0. The molecule has 3 aliphatic heterocycles. The molecule has 0 bridgehead atoms. The molecule has 0 unspecified atom stereocenters. The van der Waals surface area contributed by atoms with Gasteiger partial charge in [-0.3, -0.25) is 9.80 Å². The van der Waals surface area contributed by atoms with Crippen molar-refractivity contribution in [1.82, 2.24) is 9.80 Å². The summed E-state index contributed by atoms with van der Waals surface area (Å²) >= 11 is 0. The number of hydrogen-bond acceptors (Lipinski definition) is 4. The van der Waals surface area contributed by atoms with E-state index in [1.807, 2.05) is 13.0 Å². The summed E-state index contributed by atoms with van der Waals surface area (Å²) in [7, 11) is 0. The van der Waals surface area contributed by atoms with E-state index in [1.165, 1.54) is 63.2 Å². The number of likely N-dealkylation sites (tertiary alicyclic amines) is 1. The molecule has 172 valence electrons. The van der Waals surface area contributed by atoms with Crippen LogP contribution in [0.5, 0.6) is 0 Å². The molecule has 2 aromatic carbocycles. The van der Waals surface area contributed by atoms with Crippen molar-refractivity contribution in [3.8, 4) is 0 Å². The van der Waals surface area contributed by atoms with Gasteiger partial charge in [0.1, 0.15) is 5.82 Å². The second-order valence-corrected chi connectivity index (χ2v) is 9.80. The van der Waals surface area contributed by atoms with Gasteiger partial charge in [-0.15, -0.1) is 0 Å². The monoisotopic (exact) mass is 436 g/mol. The Bertz CT molecular complexity index is 872. The van der Waals surface area contributed by atoms with Crippen molar-refractivity contribution in [3.05, 3.63) is 59.9 Å². The van der Waals surface area contributed by atoms with Gasteiger partial charge in [0.15, 0.2) is 0 Å². The zero-order chi connectivity index (χ0) is 21.9. The van der Waals surface area contributed by atoms with E-state index in [0.717, 1.165) is 31.7 Å². The number of halogens is 1. The van der Waals surface area contributed by atoms with Gasteiger partial charge < -0.3 is 9.80 Å². The molecule has 0 aromatic heterocycles. The third-order valence-electron chi connectivity index (χ3n) is 7.86. The summed E-state index contributed by atoms with van der Waals surface area (Å²) in [6.45, 7) is 11.3. The van der Waals surface area contributed by atoms with Gasteiger partial charge in [-0.05, 0) is 75.0 Å². The number of hydrogen-bond donors (Lipinski definition) is 0. The predicted octanol–water partition coefficient (Wildman–Crippen LogP) is 4.39. The highest BCUT2D eigenvalue weighted by Gasteiger charge is 2.32. The molecule has 0 radical (unpaired) electrons. The maximum atomic E-state index is 13.5. The summed E-state index contributed by atoms with van der Waals surface area (Å²) in [5.41, 5.74) is 3.62. The largest absolute Gasteiger partial charge is 0.371 e. The Balaban J connectivity index is 1.12. The molecule has 0 aliphatic carbocycles. The molecular weight excluding hydrogens is 399 g/mol. The van der Waals surface area contributed by atoms with Crippen molar-refractivity contribution in [2.45, 2.75) is 44.7 Å². The van der Waals surface area contributed by atoms with E-state index < -0.39 is 0 Å². The zero-order valence-corrected chi connectivity index (χ0v) is 19.4. The molecule has 3 saturated heterocycles. The molecule has 0 amide bonds. The third-order valence-corrected chi connectivity index (χ3v) is 7.86. The van der Waals surface area contributed by atoms with Crippen molar-refractivity contribution in [2.75, 3.05) is 62.2 Å². The molecular formula is C27H37FN4. The maximum absolute atomic E-state index is 13.5. The van der Waals surface area contributed by atoms with Crippen LogP contribution in [-0.2, 0) is 0 Å². The number of piperidine rings is 2. The lowest BCUT2D eigenvalue weighted by atomic mass is 9.96. The minimum absolute atomic E-state index is 0.134. The van der Waals surface area contributed by atoms with Crippen LogP contribution in [0.1, 0.15) is 31.2 Å². The molecule has 3 heterocycles. The van der Waals surface area contributed by atoms with Gasteiger partial charge in [0.05, 0.1) is 0 Å². The second-order valence-electron chi connectivity index (χ2n) is 9.80. The number of anilines is 2. The topological polar surface area (TPSA) is 13.0 Å². The average molecular weight is 437 g/mol. The van der Waals surface area contributed by atoms with Crippen molar-refractivity contribution < 1.29 is 4.39 Å². The maximum Gasteiger partial charge on any atom is 0.123 e. The first-order chi connectivity index (χ1) is 15.7. The fourth-order valence-electron chi connectivity index (χ4n) is 6.04. The Labute approximate surface area is 192 Å². The molecule has 1 atom stereocenters. The predicted molar refractivity (Wildman–Crippen MR) is 131 cm³/mol. The van der Waals surface area contributed by atoms with Crippen molar-refractivity contribution in [3.63, 3.8) is 0 Å². The number of nitrogens with zero attached hydrogens (tertiary/aromatic N) is 4. The Kier molecular flexibility index (Phi) is 6.65. The van der Waals surface area contributed by atoms with Gasteiger partial charge in [0.25, 0.3) is 0 Å². The Hall–Kier alpha value is -2.11. The van der Waals surface area contributed by atoms with E-state index in [1.54, 1.807) is 12.1 Å². The van der Waals surface area contributed by atoms with Gasteiger partial charge in [0.2, 0.25) is 0 Å². The Morgan fingerprint density at radius 1 is 0.719 bits per heavy atom. The smallest absolute Gasteiger partial charge is 0.123 e. The van der Waals surface area contributed by atoms with Gasteiger partial charge in [-0.2, -0.15) is 0 Å². The van der Waals surface area contributed by atoms with Crippen LogP contribution in [0.4, 0.5) is 15.8 Å². The lowest BCUT2D eigenvalue weighted by Crippen LogP contribution is -2.57. The summed E-state index contributed by atoms with van der Waals surface area (Å²) in [6.07, 6.45) is 5.09.